The molecule has 7 heteroatoms. The van der Waals surface area contributed by atoms with Gasteiger partial charge in [-0.1, -0.05) is 12.1 Å². The first-order valence-electron chi connectivity index (χ1n) is 6.60. The zero-order valence-electron chi connectivity index (χ0n) is 11.8. The summed E-state index contributed by atoms with van der Waals surface area (Å²) in [5.41, 5.74) is 8.64. The normalized spacial score (nSPS) is 16.2. The standard InChI is InChI=1S/C13H21N3O3S/c1-10(14)11-3-4-13-12(9-11)5-7-16(13)20(17,18)15-6-8-19-2/h3-4,9-10,15H,5-8,14H2,1-2H3. The van der Waals surface area contributed by atoms with Crippen molar-refractivity contribution in [1.29, 1.82) is 0 Å². The Balaban J connectivity index is 2.19. The van der Waals surface area contributed by atoms with E-state index >= 15 is 0 Å². The van der Waals surface area contributed by atoms with Crippen molar-refractivity contribution in [2.75, 3.05) is 31.1 Å². The SMILES string of the molecule is COCCNS(=O)(=O)N1CCc2cc(C(C)N)ccc21. The molecule has 0 aromatic heterocycles. The minimum absolute atomic E-state index is 0.0502. The molecule has 0 bridgehead atoms. The lowest BCUT2D eigenvalue weighted by molar-refractivity contribution is 0.204. The Kier molecular flexibility index (Phi) is 4.64. The molecule has 0 fully saturated rings. The number of nitrogens with one attached hydrogen (secondary N) is 1. The molecule has 1 unspecified atom stereocenters. The summed E-state index contributed by atoms with van der Waals surface area (Å²) >= 11 is 0. The first kappa shape index (κ1) is 15.2. The highest BCUT2D eigenvalue weighted by molar-refractivity contribution is 7.90. The molecule has 20 heavy (non-hydrogen) atoms. The van der Waals surface area contributed by atoms with Gasteiger partial charge in [0.2, 0.25) is 0 Å². The monoisotopic (exact) mass is 299 g/mol. The number of ether oxygens (including phenoxy) is 1. The van der Waals surface area contributed by atoms with E-state index in [0.717, 1.165) is 16.8 Å². The molecule has 1 aliphatic rings. The second-order valence-corrected chi connectivity index (χ2v) is 6.57. The number of nitrogens with two attached hydrogens (primary N) is 1. The van der Waals surface area contributed by atoms with Gasteiger partial charge in [0.1, 0.15) is 0 Å². The molecule has 2 rings (SSSR count). The number of fused-ring (bicyclic) bond motifs is 1. The highest BCUT2D eigenvalue weighted by Crippen LogP contribution is 2.31. The van der Waals surface area contributed by atoms with Crippen molar-refractivity contribution in [3.8, 4) is 0 Å². The molecule has 1 aromatic carbocycles. The van der Waals surface area contributed by atoms with Crippen LogP contribution in [-0.2, 0) is 21.4 Å². The summed E-state index contributed by atoms with van der Waals surface area (Å²) in [6.07, 6.45) is 0.709. The van der Waals surface area contributed by atoms with Crippen LogP contribution in [0.3, 0.4) is 0 Å². The summed E-state index contributed by atoms with van der Waals surface area (Å²) in [4.78, 5) is 0. The summed E-state index contributed by atoms with van der Waals surface area (Å²) in [7, 11) is -1.97. The molecule has 0 spiro atoms. The van der Waals surface area contributed by atoms with Crippen molar-refractivity contribution in [2.45, 2.75) is 19.4 Å². The van der Waals surface area contributed by atoms with E-state index in [1.54, 1.807) is 0 Å². The Morgan fingerprint density at radius 3 is 2.90 bits per heavy atom. The minimum Gasteiger partial charge on any atom is -0.383 e. The van der Waals surface area contributed by atoms with Crippen LogP contribution in [0.4, 0.5) is 5.69 Å². The largest absolute Gasteiger partial charge is 0.383 e. The lowest BCUT2D eigenvalue weighted by Gasteiger charge is -2.20. The fourth-order valence-corrected chi connectivity index (χ4v) is 3.54. The number of nitrogens with zero attached hydrogens (tertiary/aromatic N) is 1. The second-order valence-electron chi connectivity index (χ2n) is 4.89. The molecular formula is C13H21N3O3S. The van der Waals surface area contributed by atoms with Crippen molar-refractivity contribution >= 4 is 15.9 Å². The molecule has 1 heterocycles. The Labute approximate surface area is 120 Å². The van der Waals surface area contributed by atoms with Crippen LogP contribution in [0.1, 0.15) is 24.1 Å². The summed E-state index contributed by atoms with van der Waals surface area (Å²) < 4.78 is 33.2. The molecule has 0 radical (unpaired) electrons. The van der Waals surface area contributed by atoms with Crippen LogP contribution in [0.25, 0.3) is 0 Å². The first-order chi connectivity index (χ1) is 9.45. The van der Waals surface area contributed by atoms with E-state index < -0.39 is 10.2 Å². The highest BCUT2D eigenvalue weighted by atomic mass is 32.2. The van der Waals surface area contributed by atoms with E-state index in [1.165, 1.54) is 11.4 Å². The summed E-state index contributed by atoms with van der Waals surface area (Å²) in [5.74, 6) is 0. The van der Waals surface area contributed by atoms with Crippen LogP contribution < -0.4 is 14.8 Å². The Bertz CT molecular complexity index is 572. The van der Waals surface area contributed by atoms with Crippen LogP contribution in [0, 0.1) is 0 Å². The van der Waals surface area contributed by atoms with Gasteiger partial charge in [-0.05, 0) is 30.5 Å². The van der Waals surface area contributed by atoms with Gasteiger partial charge in [0.05, 0.1) is 12.3 Å². The second kappa shape index (κ2) is 6.09. The molecule has 0 saturated carbocycles. The average Bonchev–Trinajstić information content (AvgIpc) is 2.82. The number of hydrogen-bond acceptors (Lipinski definition) is 4. The lowest BCUT2D eigenvalue weighted by Crippen LogP contribution is -2.41. The van der Waals surface area contributed by atoms with Gasteiger partial charge in [-0.25, -0.2) is 0 Å². The Morgan fingerprint density at radius 2 is 2.25 bits per heavy atom. The summed E-state index contributed by atoms with van der Waals surface area (Å²) in [6.45, 7) is 2.99. The van der Waals surface area contributed by atoms with Crippen LogP contribution in [0.2, 0.25) is 0 Å². The number of rotatable bonds is 6. The quantitative estimate of drug-likeness (QED) is 0.751. The number of hydrogen-bond donors (Lipinski definition) is 2. The maximum absolute atomic E-state index is 12.2. The maximum Gasteiger partial charge on any atom is 0.301 e. The number of anilines is 1. The van der Waals surface area contributed by atoms with Gasteiger partial charge >= 0.3 is 10.2 Å². The van der Waals surface area contributed by atoms with Crippen LogP contribution >= 0.6 is 0 Å². The van der Waals surface area contributed by atoms with Crippen LogP contribution in [0.15, 0.2) is 18.2 Å². The van der Waals surface area contributed by atoms with E-state index in [1.807, 2.05) is 25.1 Å². The third-order valence-corrected chi connectivity index (χ3v) is 4.89. The van der Waals surface area contributed by atoms with Crippen molar-refractivity contribution in [1.82, 2.24) is 4.72 Å². The van der Waals surface area contributed by atoms with Crippen molar-refractivity contribution in [2.24, 2.45) is 5.73 Å². The predicted molar refractivity (Wildman–Crippen MR) is 78.9 cm³/mol. The zero-order chi connectivity index (χ0) is 14.8. The van der Waals surface area contributed by atoms with Gasteiger partial charge in [-0.2, -0.15) is 13.1 Å². The molecule has 6 nitrogen and oxygen atoms in total. The van der Waals surface area contributed by atoms with E-state index in [9.17, 15) is 8.42 Å². The fraction of sp³-hybridized carbons (Fsp3) is 0.538. The van der Waals surface area contributed by atoms with Crippen molar-refractivity contribution in [3.05, 3.63) is 29.3 Å². The van der Waals surface area contributed by atoms with E-state index in [-0.39, 0.29) is 12.6 Å². The van der Waals surface area contributed by atoms with Gasteiger partial charge in [0.25, 0.3) is 0 Å². The number of methoxy groups -OCH3 is 1. The molecule has 0 saturated heterocycles. The first-order valence-corrected chi connectivity index (χ1v) is 8.04. The summed E-state index contributed by atoms with van der Waals surface area (Å²) in [6, 6.07) is 5.65. The number of benzene rings is 1. The maximum atomic E-state index is 12.2. The van der Waals surface area contributed by atoms with Crippen molar-refractivity contribution < 1.29 is 13.2 Å². The molecule has 1 aromatic rings. The third kappa shape index (κ3) is 3.12. The van der Waals surface area contributed by atoms with E-state index in [0.29, 0.717) is 19.6 Å². The third-order valence-electron chi connectivity index (χ3n) is 3.36. The minimum atomic E-state index is -3.51. The molecule has 1 aliphatic heterocycles. The molecule has 0 amide bonds. The van der Waals surface area contributed by atoms with Gasteiger partial charge in [0, 0.05) is 26.2 Å². The highest BCUT2D eigenvalue weighted by Gasteiger charge is 2.29. The molecule has 112 valence electrons. The Morgan fingerprint density at radius 1 is 1.50 bits per heavy atom. The van der Waals surface area contributed by atoms with Gasteiger partial charge in [-0.3, -0.25) is 4.31 Å². The topological polar surface area (TPSA) is 84.7 Å². The Hall–Kier alpha value is -1.15. The molecule has 3 N–H and O–H groups in total. The van der Waals surface area contributed by atoms with Crippen LogP contribution in [0.5, 0.6) is 0 Å². The molecule has 1 atom stereocenters. The summed E-state index contributed by atoms with van der Waals surface area (Å²) in [5, 5.41) is 0. The van der Waals surface area contributed by atoms with E-state index in [2.05, 4.69) is 4.72 Å². The van der Waals surface area contributed by atoms with Gasteiger partial charge < -0.3 is 10.5 Å². The molecular weight excluding hydrogens is 278 g/mol. The predicted octanol–water partition coefficient (Wildman–Crippen LogP) is 0.550. The van der Waals surface area contributed by atoms with Gasteiger partial charge in [-0.15, -0.1) is 0 Å². The zero-order valence-corrected chi connectivity index (χ0v) is 12.6. The fourth-order valence-electron chi connectivity index (χ4n) is 2.27. The van der Waals surface area contributed by atoms with Gasteiger partial charge in [0.15, 0.2) is 0 Å². The lowest BCUT2D eigenvalue weighted by atomic mass is 10.0. The molecule has 0 aliphatic carbocycles. The smallest absolute Gasteiger partial charge is 0.301 e. The average molecular weight is 299 g/mol. The van der Waals surface area contributed by atoms with Crippen molar-refractivity contribution in [3.63, 3.8) is 0 Å². The van der Waals surface area contributed by atoms with Crippen LogP contribution in [-0.4, -0.2) is 35.2 Å². The van der Waals surface area contributed by atoms with E-state index in [4.69, 9.17) is 10.5 Å².